The highest BCUT2D eigenvalue weighted by molar-refractivity contribution is 5.15. The van der Waals surface area contributed by atoms with Crippen LogP contribution >= 0.6 is 0 Å². The van der Waals surface area contributed by atoms with Crippen molar-refractivity contribution in [3.05, 3.63) is 35.9 Å². The Hall–Kier alpha value is -0.940. The second kappa shape index (κ2) is 3.78. The zero-order valence-electron chi connectivity index (χ0n) is 9.41. The van der Waals surface area contributed by atoms with E-state index in [1.807, 2.05) is 18.2 Å². The van der Waals surface area contributed by atoms with Gasteiger partial charge in [-0.1, -0.05) is 30.3 Å². The Labute approximate surface area is 99.9 Å². The standard InChI is InChI=1S/C13H15NO3/c1-2-4-8(5-3-1)6-15-12-9-7-16-13(17-9)11-10(12)14-11/h1-5,9-14H,6-7H2/t9-,10-,11+,12+,13-/m1/s1. The third kappa shape index (κ3) is 1.68. The van der Waals surface area contributed by atoms with E-state index >= 15 is 0 Å². The highest BCUT2D eigenvalue weighted by Crippen LogP contribution is 2.37. The predicted molar refractivity (Wildman–Crippen MR) is 60.3 cm³/mol. The predicted octanol–water partition coefficient (Wildman–Crippen LogP) is 0.667. The fourth-order valence-electron chi connectivity index (χ4n) is 2.72. The normalized spacial score (nSPS) is 42.2. The maximum absolute atomic E-state index is 5.99. The average molecular weight is 233 g/mol. The lowest BCUT2D eigenvalue weighted by Crippen LogP contribution is -2.41. The van der Waals surface area contributed by atoms with Crippen LogP contribution in [0.5, 0.6) is 0 Å². The lowest BCUT2D eigenvalue weighted by atomic mass is 10.1. The van der Waals surface area contributed by atoms with Gasteiger partial charge in [-0.2, -0.15) is 0 Å². The third-order valence-corrected chi connectivity index (χ3v) is 3.70. The van der Waals surface area contributed by atoms with Crippen molar-refractivity contribution in [2.45, 2.75) is 37.2 Å². The van der Waals surface area contributed by atoms with Crippen molar-refractivity contribution in [1.82, 2.24) is 5.32 Å². The number of hydrogen-bond acceptors (Lipinski definition) is 4. The molecule has 1 aromatic carbocycles. The molecule has 0 aromatic heterocycles. The van der Waals surface area contributed by atoms with E-state index in [1.54, 1.807) is 0 Å². The van der Waals surface area contributed by atoms with Gasteiger partial charge in [-0.25, -0.2) is 0 Å². The van der Waals surface area contributed by atoms with Gasteiger partial charge in [0.25, 0.3) is 0 Å². The van der Waals surface area contributed by atoms with Crippen LogP contribution in [0.2, 0.25) is 0 Å². The lowest BCUT2D eigenvalue weighted by Gasteiger charge is -2.25. The van der Waals surface area contributed by atoms with Crippen LogP contribution in [0.15, 0.2) is 30.3 Å². The summed E-state index contributed by atoms with van der Waals surface area (Å²) in [6.07, 6.45) is 0.181. The van der Waals surface area contributed by atoms with E-state index in [1.165, 1.54) is 5.56 Å². The molecular formula is C13H15NO3. The molecule has 0 radical (unpaired) electrons. The van der Waals surface area contributed by atoms with Crippen LogP contribution in [0.3, 0.4) is 0 Å². The molecule has 90 valence electrons. The summed E-state index contributed by atoms with van der Waals surface area (Å²) in [4.78, 5) is 0. The van der Waals surface area contributed by atoms with Crippen molar-refractivity contribution in [2.75, 3.05) is 6.61 Å². The number of benzene rings is 1. The summed E-state index contributed by atoms with van der Waals surface area (Å²) in [6.45, 7) is 1.31. The van der Waals surface area contributed by atoms with E-state index in [-0.39, 0.29) is 18.5 Å². The summed E-state index contributed by atoms with van der Waals surface area (Å²) >= 11 is 0. The van der Waals surface area contributed by atoms with E-state index in [2.05, 4.69) is 17.4 Å². The lowest BCUT2D eigenvalue weighted by molar-refractivity contribution is -0.121. The molecule has 1 aromatic rings. The molecule has 5 atom stereocenters. The Kier molecular flexibility index (Phi) is 2.23. The van der Waals surface area contributed by atoms with Crippen LogP contribution in [-0.4, -0.2) is 37.2 Å². The van der Waals surface area contributed by atoms with Gasteiger partial charge in [-0.3, -0.25) is 0 Å². The van der Waals surface area contributed by atoms with Crippen molar-refractivity contribution in [3.8, 4) is 0 Å². The van der Waals surface area contributed by atoms with E-state index in [0.717, 1.165) is 0 Å². The van der Waals surface area contributed by atoms with Crippen LogP contribution < -0.4 is 5.32 Å². The van der Waals surface area contributed by atoms with Crippen molar-refractivity contribution in [2.24, 2.45) is 0 Å². The van der Waals surface area contributed by atoms with Gasteiger partial charge in [-0.05, 0) is 5.56 Å². The Bertz CT molecular complexity index is 410. The van der Waals surface area contributed by atoms with Crippen LogP contribution in [0.1, 0.15) is 5.56 Å². The highest BCUT2D eigenvalue weighted by Gasteiger charge is 2.59. The molecule has 1 N–H and O–H groups in total. The molecule has 0 spiro atoms. The first kappa shape index (κ1) is 10.0. The summed E-state index contributed by atoms with van der Waals surface area (Å²) in [5, 5.41) is 3.37. The summed E-state index contributed by atoms with van der Waals surface area (Å²) in [7, 11) is 0. The third-order valence-electron chi connectivity index (χ3n) is 3.70. The van der Waals surface area contributed by atoms with E-state index in [9.17, 15) is 0 Å². The van der Waals surface area contributed by atoms with Gasteiger partial charge in [0, 0.05) is 0 Å². The van der Waals surface area contributed by atoms with Crippen LogP contribution in [-0.2, 0) is 20.8 Å². The van der Waals surface area contributed by atoms with Gasteiger partial charge in [-0.15, -0.1) is 0 Å². The SMILES string of the molecule is c1ccc(CO[C@@H]2[C@@H]3N[C@@H]3[C@@H]3OC[C@H]2O3)cc1. The minimum Gasteiger partial charge on any atom is -0.369 e. The monoisotopic (exact) mass is 233 g/mol. The summed E-state index contributed by atoms with van der Waals surface area (Å²) in [5.74, 6) is 0. The quantitative estimate of drug-likeness (QED) is 0.779. The Morgan fingerprint density at radius 1 is 1.24 bits per heavy atom. The van der Waals surface area contributed by atoms with E-state index in [4.69, 9.17) is 14.2 Å². The minimum absolute atomic E-state index is 0.0402. The van der Waals surface area contributed by atoms with Gasteiger partial charge in [0.05, 0.1) is 25.3 Å². The molecule has 0 amide bonds. The first-order valence-electron chi connectivity index (χ1n) is 6.10. The van der Waals surface area contributed by atoms with Gasteiger partial charge in [0.2, 0.25) is 0 Å². The molecular weight excluding hydrogens is 218 g/mol. The molecule has 3 fully saturated rings. The maximum atomic E-state index is 5.99. The highest BCUT2D eigenvalue weighted by atomic mass is 16.7. The fraction of sp³-hybridized carbons (Fsp3) is 0.538. The first-order chi connectivity index (χ1) is 8.42. The molecule has 3 saturated heterocycles. The molecule has 3 aliphatic rings. The Morgan fingerprint density at radius 2 is 2.12 bits per heavy atom. The van der Waals surface area contributed by atoms with Gasteiger partial charge in [0.1, 0.15) is 12.2 Å². The summed E-state index contributed by atoms with van der Waals surface area (Å²) in [5.41, 5.74) is 1.20. The molecule has 2 bridgehead atoms. The Balaban J connectivity index is 1.43. The molecule has 4 heteroatoms. The van der Waals surface area contributed by atoms with Crippen molar-refractivity contribution in [1.29, 1.82) is 0 Å². The first-order valence-corrected chi connectivity index (χ1v) is 6.10. The number of ether oxygens (including phenoxy) is 3. The topological polar surface area (TPSA) is 49.6 Å². The zero-order chi connectivity index (χ0) is 11.2. The second-order valence-corrected chi connectivity index (χ2v) is 4.86. The van der Waals surface area contributed by atoms with Crippen LogP contribution in [0, 0.1) is 0 Å². The molecule has 3 aliphatic heterocycles. The molecule has 0 aliphatic carbocycles. The fourth-order valence-corrected chi connectivity index (χ4v) is 2.72. The van der Waals surface area contributed by atoms with Crippen molar-refractivity contribution < 1.29 is 14.2 Å². The van der Waals surface area contributed by atoms with Gasteiger partial charge >= 0.3 is 0 Å². The maximum Gasteiger partial charge on any atom is 0.175 e. The molecule has 0 saturated carbocycles. The minimum atomic E-state index is -0.0402. The van der Waals surface area contributed by atoms with Crippen molar-refractivity contribution >= 4 is 0 Å². The van der Waals surface area contributed by atoms with E-state index in [0.29, 0.717) is 25.3 Å². The number of nitrogens with one attached hydrogen (secondary N) is 1. The summed E-state index contributed by atoms with van der Waals surface area (Å²) in [6, 6.07) is 11.0. The number of rotatable bonds is 3. The van der Waals surface area contributed by atoms with Crippen molar-refractivity contribution in [3.63, 3.8) is 0 Å². The van der Waals surface area contributed by atoms with E-state index < -0.39 is 0 Å². The van der Waals surface area contributed by atoms with Gasteiger partial charge < -0.3 is 19.5 Å². The largest absolute Gasteiger partial charge is 0.369 e. The Morgan fingerprint density at radius 3 is 3.00 bits per heavy atom. The van der Waals surface area contributed by atoms with Crippen LogP contribution in [0.25, 0.3) is 0 Å². The second-order valence-electron chi connectivity index (χ2n) is 4.86. The molecule has 4 nitrogen and oxygen atoms in total. The zero-order valence-corrected chi connectivity index (χ0v) is 9.41. The van der Waals surface area contributed by atoms with Gasteiger partial charge in [0.15, 0.2) is 6.29 Å². The smallest absolute Gasteiger partial charge is 0.175 e. The molecule has 17 heavy (non-hydrogen) atoms. The molecule has 3 heterocycles. The molecule has 4 rings (SSSR count). The molecule has 0 unspecified atom stereocenters. The van der Waals surface area contributed by atoms with Crippen LogP contribution in [0.4, 0.5) is 0 Å². The average Bonchev–Trinajstić information content (AvgIpc) is 3.05. The number of hydrogen-bond donors (Lipinski definition) is 1. The summed E-state index contributed by atoms with van der Waals surface area (Å²) < 4.78 is 17.3. The number of fused-ring (bicyclic) bond motifs is 4.